The predicted octanol–water partition coefficient (Wildman–Crippen LogP) is 2.86. The third kappa shape index (κ3) is 2.49. The molecule has 2 N–H and O–H groups in total. The molecule has 0 saturated carbocycles. The fourth-order valence-corrected chi connectivity index (χ4v) is 2.78. The molecule has 0 aromatic carbocycles. The van der Waals surface area contributed by atoms with Crippen LogP contribution in [0.3, 0.4) is 0 Å². The van der Waals surface area contributed by atoms with Gasteiger partial charge in [-0.3, -0.25) is 0 Å². The zero-order valence-corrected chi connectivity index (χ0v) is 11.9. The Morgan fingerprint density at radius 1 is 1.40 bits per heavy atom. The lowest BCUT2D eigenvalue weighted by Crippen LogP contribution is -2.02. The second kappa shape index (κ2) is 5.54. The van der Waals surface area contributed by atoms with Crippen molar-refractivity contribution in [2.75, 3.05) is 11.5 Å². The van der Waals surface area contributed by atoms with Crippen LogP contribution in [0.4, 0.5) is 5.95 Å². The summed E-state index contributed by atoms with van der Waals surface area (Å²) >= 11 is 1.69. The first-order valence-electron chi connectivity index (χ1n) is 6.48. The quantitative estimate of drug-likeness (QED) is 0.442. The van der Waals surface area contributed by atoms with E-state index in [0.29, 0.717) is 23.2 Å². The largest absolute Gasteiger partial charge is 0.461 e. The summed E-state index contributed by atoms with van der Waals surface area (Å²) in [6.45, 7) is 2.17. The summed E-state index contributed by atoms with van der Waals surface area (Å²) in [6, 6.07) is 5.51. The van der Waals surface area contributed by atoms with Crippen molar-refractivity contribution in [1.29, 1.82) is 0 Å². The minimum Gasteiger partial charge on any atom is -0.461 e. The van der Waals surface area contributed by atoms with Gasteiger partial charge in [-0.15, -0.1) is 16.9 Å². The van der Waals surface area contributed by atoms with Crippen molar-refractivity contribution in [2.45, 2.75) is 24.8 Å². The number of fused-ring (bicyclic) bond motifs is 1. The Kier molecular flexibility index (Phi) is 3.60. The van der Waals surface area contributed by atoms with Crippen molar-refractivity contribution >= 4 is 23.4 Å². The Morgan fingerprint density at radius 2 is 2.30 bits per heavy atom. The van der Waals surface area contributed by atoms with E-state index >= 15 is 0 Å². The number of aromatic nitrogens is 4. The predicted molar refractivity (Wildman–Crippen MR) is 78.5 cm³/mol. The van der Waals surface area contributed by atoms with Crippen LogP contribution >= 0.6 is 11.8 Å². The summed E-state index contributed by atoms with van der Waals surface area (Å²) < 4.78 is 6.82. The molecule has 104 valence electrons. The van der Waals surface area contributed by atoms with E-state index in [9.17, 15) is 0 Å². The molecule has 20 heavy (non-hydrogen) atoms. The number of nitrogens with zero attached hydrogens (tertiary/aromatic N) is 4. The Hall–Kier alpha value is -2.02. The van der Waals surface area contributed by atoms with Crippen molar-refractivity contribution in [1.82, 2.24) is 19.6 Å². The number of anilines is 1. The van der Waals surface area contributed by atoms with E-state index in [1.807, 2.05) is 12.1 Å². The highest BCUT2D eigenvalue weighted by Crippen LogP contribution is 2.22. The molecule has 0 atom stereocenters. The molecule has 3 rings (SSSR count). The average molecular weight is 289 g/mol. The summed E-state index contributed by atoms with van der Waals surface area (Å²) in [6.07, 6.45) is 3.91. The third-order valence-electron chi connectivity index (χ3n) is 2.82. The topological polar surface area (TPSA) is 82.2 Å². The molecular formula is C13H15N5OS. The molecule has 3 aromatic heterocycles. The summed E-state index contributed by atoms with van der Waals surface area (Å²) in [5.41, 5.74) is 6.62. The molecule has 0 radical (unpaired) electrons. The first-order valence-corrected chi connectivity index (χ1v) is 7.46. The van der Waals surface area contributed by atoms with Gasteiger partial charge in [-0.25, -0.2) is 9.97 Å². The molecule has 7 heteroatoms. The zero-order chi connectivity index (χ0) is 13.9. The number of nitrogen functional groups attached to an aromatic ring is 1. The summed E-state index contributed by atoms with van der Waals surface area (Å²) in [7, 11) is 0. The van der Waals surface area contributed by atoms with Crippen LogP contribution in [0.2, 0.25) is 0 Å². The van der Waals surface area contributed by atoms with Gasteiger partial charge in [0.15, 0.2) is 11.4 Å². The van der Waals surface area contributed by atoms with Gasteiger partial charge in [0.25, 0.3) is 0 Å². The van der Waals surface area contributed by atoms with Crippen LogP contribution in [0.25, 0.3) is 17.2 Å². The smallest absolute Gasteiger partial charge is 0.224 e. The highest BCUT2D eigenvalue weighted by atomic mass is 32.2. The number of hydrogen-bond donors (Lipinski definition) is 1. The van der Waals surface area contributed by atoms with Gasteiger partial charge < -0.3 is 10.2 Å². The van der Waals surface area contributed by atoms with Crippen molar-refractivity contribution in [3.8, 4) is 11.6 Å². The van der Waals surface area contributed by atoms with Crippen LogP contribution in [0.1, 0.15) is 19.8 Å². The van der Waals surface area contributed by atoms with Crippen molar-refractivity contribution in [2.24, 2.45) is 0 Å². The number of nitrogens with two attached hydrogens (primary N) is 1. The molecule has 0 aliphatic heterocycles. The first-order chi connectivity index (χ1) is 9.78. The van der Waals surface area contributed by atoms with E-state index in [2.05, 4.69) is 22.0 Å². The second-order valence-electron chi connectivity index (χ2n) is 4.34. The van der Waals surface area contributed by atoms with E-state index in [-0.39, 0.29) is 0 Å². The van der Waals surface area contributed by atoms with Crippen LogP contribution in [0, 0.1) is 0 Å². The lowest BCUT2D eigenvalue weighted by molar-refractivity contribution is 0.577. The molecule has 3 aromatic rings. The highest BCUT2D eigenvalue weighted by Gasteiger charge is 2.12. The Labute approximate surface area is 120 Å². The molecule has 0 fully saturated rings. The number of unbranched alkanes of at least 4 members (excludes halogenated alkanes) is 1. The summed E-state index contributed by atoms with van der Waals surface area (Å²) in [4.78, 5) is 8.77. The van der Waals surface area contributed by atoms with Crippen molar-refractivity contribution in [3.63, 3.8) is 0 Å². The van der Waals surface area contributed by atoms with Gasteiger partial charge in [-0.1, -0.05) is 13.3 Å². The van der Waals surface area contributed by atoms with Crippen LogP contribution in [0.5, 0.6) is 0 Å². The Bertz CT molecular complexity index is 707. The molecular weight excluding hydrogens is 274 g/mol. The van der Waals surface area contributed by atoms with E-state index in [1.165, 1.54) is 4.52 Å². The Balaban J connectivity index is 1.95. The highest BCUT2D eigenvalue weighted by molar-refractivity contribution is 7.99. The van der Waals surface area contributed by atoms with Crippen LogP contribution in [0.15, 0.2) is 33.9 Å². The number of thioether (sulfide) groups is 1. The summed E-state index contributed by atoms with van der Waals surface area (Å²) in [5, 5.41) is 5.18. The van der Waals surface area contributed by atoms with E-state index in [1.54, 1.807) is 24.1 Å². The maximum Gasteiger partial charge on any atom is 0.224 e. The van der Waals surface area contributed by atoms with Gasteiger partial charge in [0.05, 0.1) is 6.26 Å². The van der Waals surface area contributed by atoms with Crippen LogP contribution in [-0.4, -0.2) is 25.3 Å². The van der Waals surface area contributed by atoms with Crippen molar-refractivity contribution in [3.05, 3.63) is 24.5 Å². The molecule has 0 saturated heterocycles. The van der Waals surface area contributed by atoms with E-state index in [4.69, 9.17) is 10.2 Å². The number of rotatable bonds is 5. The third-order valence-corrected chi connectivity index (χ3v) is 3.81. The SMILES string of the molecule is CCCCSc1cc2nc(-c3ccco3)nn2c(N)n1. The maximum atomic E-state index is 5.93. The molecule has 6 nitrogen and oxygen atoms in total. The fourth-order valence-electron chi connectivity index (χ4n) is 1.79. The van der Waals surface area contributed by atoms with E-state index < -0.39 is 0 Å². The molecule has 0 bridgehead atoms. The van der Waals surface area contributed by atoms with Gasteiger partial charge in [-0.2, -0.15) is 4.52 Å². The lowest BCUT2D eigenvalue weighted by atomic mass is 10.4. The average Bonchev–Trinajstić information content (AvgIpc) is 3.07. The van der Waals surface area contributed by atoms with Crippen LogP contribution in [-0.2, 0) is 0 Å². The minimum absolute atomic E-state index is 0.340. The van der Waals surface area contributed by atoms with Gasteiger partial charge >= 0.3 is 0 Å². The maximum absolute atomic E-state index is 5.93. The van der Waals surface area contributed by atoms with Gasteiger partial charge in [0.1, 0.15) is 5.03 Å². The summed E-state index contributed by atoms with van der Waals surface area (Å²) in [5.74, 6) is 2.50. The Morgan fingerprint density at radius 3 is 3.05 bits per heavy atom. The molecule has 0 aliphatic rings. The number of furan rings is 1. The molecule has 0 amide bonds. The van der Waals surface area contributed by atoms with Crippen LogP contribution < -0.4 is 5.73 Å². The second-order valence-corrected chi connectivity index (χ2v) is 5.45. The zero-order valence-electron chi connectivity index (χ0n) is 11.1. The van der Waals surface area contributed by atoms with Gasteiger partial charge in [-0.05, 0) is 24.3 Å². The molecule has 0 aliphatic carbocycles. The molecule has 0 spiro atoms. The van der Waals surface area contributed by atoms with Gasteiger partial charge in [0.2, 0.25) is 11.8 Å². The van der Waals surface area contributed by atoms with Crippen molar-refractivity contribution < 1.29 is 4.42 Å². The van der Waals surface area contributed by atoms with Gasteiger partial charge in [0, 0.05) is 6.07 Å². The minimum atomic E-state index is 0.340. The number of hydrogen-bond acceptors (Lipinski definition) is 6. The molecule has 0 unspecified atom stereocenters. The monoisotopic (exact) mass is 289 g/mol. The van der Waals surface area contributed by atoms with E-state index in [0.717, 1.165) is 23.6 Å². The molecule has 3 heterocycles. The standard InChI is InChI=1S/C13H15N5OS/c1-2-3-7-20-11-8-10-15-12(9-5-4-6-19-9)17-18(10)13(14)16-11/h4-6,8H,2-3,7H2,1H3,(H2,14,16). The lowest BCUT2D eigenvalue weighted by Gasteiger charge is -2.02. The fraction of sp³-hybridized carbons (Fsp3) is 0.308. The normalized spacial score (nSPS) is 11.2. The first kappa shape index (κ1) is 13.0.